The van der Waals surface area contributed by atoms with Gasteiger partial charge in [0, 0.05) is 10.5 Å². The number of hydrogen-bond donors (Lipinski definition) is 2. The van der Waals surface area contributed by atoms with Crippen molar-refractivity contribution in [3.63, 3.8) is 0 Å². The molecule has 1 saturated carbocycles. The Morgan fingerprint density at radius 1 is 1.35 bits per heavy atom. The Labute approximate surface area is 128 Å². The molecule has 110 valence electrons. The van der Waals surface area contributed by atoms with Crippen LogP contribution in [0, 0.1) is 11.8 Å². The molecular formula is C16H22BrNO2. The van der Waals surface area contributed by atoms with E-state index in [1.54, 1.807) is 18.2 Å². The van der Waals surface area contributed by atoms with Crippen LogP contribution in [0.3, 0.4) is 0 Å². The lowest BCUT2D eigenvalue weighted by molar-refractivity contribution is 0.0886. The van der Waals surface area contributed by atoms with Gasteiger partial charge in [-0.25, -0.2) is 0 Å². The van der Waals surface area contributed by atoms with E-state index < -0.39 is 0 Å². The first-order chi connectivity index (χ1) is 9.49. The zero-order valence-corrected chi connectivity index (χ0v) is 13.6. The topological polar surface area (TPSA) is 49.3 Å². The Morgan fingerprint density at radius 3 is 2.75 bits per heavy atom. The fourth-order valence-corrected chi connectivity index (χ4v) is 3.43. The Balaban J connectivity index is 2.11. The molecule has 1 aromatic carbocycles. The molecule has 0 aromatic heterocycles. The molecule has 2 atom stereocenters. The summed E-state index contributed by atoms with van der Waals surface area (Å²) < 4.78 is 0.796. The molecule has 2 N–H and O–H groups in total. The lowest BCUT2D eigenvalue weighted by Crippen LogP contribution is -2.43. The second kappa shape index (κ2) is 6.61. The van der Waals surface area contributed by atoms with Crippen LogP contribution in [0.4, 0.5) is 0 Å². The van der Waals surface area contributed by atoms with E-state index in [-0.39, 0.29) is 17.7 Å². The van der Waals surface area contributed by atoms with Gasteiger partial charge in [0.1, 0.15) is 5.75 Å². The SMILES string of the molecule is CC(C)C1CCCCC1NC(=O)c1cc(Br)ccc1O. The molecule has 2 unspecified atom stereocenters. The standard InChI is InChI=1S/C16H22BrNO2/c1-10(2)12-5-3-4-6-14(12)18-16(20)13-9-11(17)7-8-15(13)19/h7-10,12,14,19H,3-6H2,1-2H3,(H,18,20). The minimum atomic E-state index is -0.179. The molecule has 2 rings (SSSR count). The number of carbonyl (C=O) groups is 1. The van der Waals surface area contributed by atoms with Crippen molar-refractivity contribution in [2.45, 2.75) is 45.6 Å². The van der Waals surface area contributed by atoms with E-state index in [1.807, 2.05) is 0 Å². The molecule has 0 saturated heterocycles. The van der Waals surface area contributed by atoms with E-state index in [0.717, 1.165) is 10.9 Å². The molecule has 0 spiro atoms. The monoisotopic (exact) mass is 339 g/mol. The van der Waals surface area contributed by atoms with Crippen molar-refractivity contribution in [2.75, 3.05) is 0 Å². The summed E-state index contributed by atoms with van der Waals surface area (Å²) >= 11 is 3.33. The molecule has 1 amide bonds. The van der Waals surface area contributed by atoms with E-state index in [1.165, 1.54) is 19.3 Å². The number of rotatable bonds is 3. The fraction of sp³-hybridized carbons (Fsp3) is 0.562. The highest BCUT2D eigenvalue weighted by Gasteiger charge is 2.29. The van der Waals surface area contributed by atoms with Crippen LogP contribution in [0.25, 0.3) is 0 Å². The van der Waals surface area contributed by atoms with Crippen LogP contribution >= 0.6 is 15.9 Å². The van der Waals surface area contributed by atoms with Gasteiger partial charge in [-0.15, -0.1) is 0 Å². The van der Waals surface area contributed by atoms with Crippen LogP contribution in [0.15, 0.2) is 22.7 Å². The van der Waals surface area contributed by atoms with Crippen molar-refractivity contribution in [2.24, 2.45) is 11.8 Å². The molecule has 1 fully saturated rings. The van der Waals surface area contributed by atoms with E-state index in [9.17, 15) is 9.90 Å². The number of hydrogen-bond acceptors (Lipinski definition) is 2. The number of carbonyl (C=O) groups excluding carboxylic acids is 1. The number of halogens is 1. The third-order valence-corrected chi connectivity index (χ3v) is 4.69. The fourth-order valence-electron chi connectivity index (χ4n) is 3.07. The summed E-state index contributed by atoms with van der Waals surface area (Å²) in [4.78, 5) is 12.4. The molecule has 20 heavy (non-hydrogen) atoms. The zero-order chi connectivity index (χ0) is 14.7. The van der Waals surface area contributed by atoms with Gasteiger partial charge in [0.15, 0.2) is 0 Å². The summed E-state index contributed by atoms with van der Waals surface area (Å²) in [7, 11) is 0. The first kappa shape index (κ1) is 15.4. The smallest absolute Gasteiger partial charge is 0.255 e. The summed E-state index contributed by atoms with van der Waals surface area (Å²) in [6.45, 7) is 4.43. The number of nitrogens with one attached hydrogen (secondary N) is 1. The van der Waals surface area contributed by atoms with Gasteiger partial charge in [-0.2, -0.15) is 0 Å². The lowest BCUT2D eigenvalue weighted by atomic mass is 9.78. The van der Waals surface area contributed by atoms with Crippen LogP contribution in [0.2, 0.25) is 0 Å². The summed E-state index contributed by atoms with van der Waals surface area (Å²) in [5, 5.41) is 12.9. The quantitative estimate of drug-likeness (QED) is 0.870. The predicted molar refractivity (Wildman–Crippen MR) is 83.9 cm³/mol. The van der Waals surface area contributed by atoms with Gasteiger partial charge < -0.3 is 10.4 Å². The second-order valence-electron chi connectivity index (χ2n) is 5.93. The van der Waals surface area contributed by atoms with Crippen molar-refractivity contribution in [3.8, 4) is 5.75 Å². The molecule has 1 aliphatic carbocycles. The van der Waals surface area contributed by atoms with Crippen molar-refractivity contribution in [1.29, 1.82) is 0 Å². The average molecular weight is 340 g/mol. The summed E-state index contributed by atoms with van der Waals surface area (Å²) in [5.74, 6) is 0.947. The third-order valence-electron chi connectivity index (χ3n) is 4.20. The largest absolute Gasteiger partial charge is 0.507 e. The molecular weight excluding hydrogens is 318 g/mol. The number of aromatic hydroxyl groups is 1. The van der Waals surface area contributed by atoms with Gasteiger partial charge in [-0.05, 0) is 42.9 Å². The molecule has 0 heterocycles. The Hall–Kier alpha value is -1.03. The highest BCUT2D eigenvalue weighted by atomic mass is 79.9. The molecule has 4 heteroatoms. The number of phenols is 1. The molecule has 0 radical (unpaired) electrons. The predicted octanol–water partition coefficient (Wildman–Crippen LogP) is 4.10. The second-order valence-corrected chi connectivity index (χ2v) is 6.85. The Morgan fingerprint density at radius 2 is 2.05 bits per heavy atom. The minimum Gasteiger partial charge on any atom is -0.507 e. The Bertz CT molecular complexity index is 487. The normalized spacial score (nSPS) is 22.8. The van der Waals surface area contributed by atoms with Gasteiger partial charge in [-0.1, -0.05) is 42.6 Å². The van der Waals surface area contributed by atoms with Crippen LogP contribution in [0.1, 0.15) is 49.9 Å². The highest BCUT2D eigenvalue weighted by Crippen LogP contribution is 2.31. The van der Waals surface area contributed by atoms with Gasteiger partial charge in [-0.3, -0.25) is 4.79 Å². The van der Waals surface area contributed by atoms with Crippen LogP contribution in [-0.2, 0) is 0 Å². The number of benzene rings is 1. The molecule has 3 nitrogen and oxygen atoms in total. The van der Waals surface area contributed by atoms with Crippen molar-refractivity contribution >= 4 is 21.8 Å². The van der Waals surface area contributed by atoms with E-state index >= 15 is 0 Å². The highest BCUT2D eigenvalue weighted by molar-refractivity contribution is 9.10. The maximum Gasteiger partial charge on any atom is 0.255 e. The molecule has 1 aliphatic rings. The molecule has 1 aromatic rings. The van der Waals surface area contributed by atoms with Crippen molar-refractivity contribution in [1.82, 2.24) is 5.32 Å². The van der Waals surface area contributed by atoms with E-state index in [4.69, 9.17) is 0 Å². The zero-order valence-electron chi connectivity index (χ0n) is 12.0. The Kier molecular flexibility index (Phi) is 5.08. The van der Waals surface area contributed by atoms with Crippen LogP contribution < -0.4 is 5.32 Å². The molecule has 0 aliphatic heterocycles. The first-order valence-corrected chi connectivity index (χ1v) is 8.07. The maximum atomic E-state index is 12.4. The first-order valence-electron chi connectivity index (χ1n) is 7.28. The van der Waals surface area contributed by atoms with E-state index in [0.29, 0.717) is 17.4 Å². The van der Waals surface area contributed by atoms with Crippen molar-refractivity contribution in [3.05, 3.63) is 28.2 Å². The maximum absolute atomic E-state index is 12.4. The van der Waals surface area contributed by atoms with Gasteiger partial charge in [0.25, 0.3) is 5.91 Å². The van der Waals surface area contributed by atoms with Gasteiger partial charge >= 0.3 is 0 Å². The molecule has 0 bridgehead atoms. The summed E-state index contributed by atoms with van der Waals surface area (Å²) in [6, 6.07) is 5.15. The van der Waals surface area contributed by atoms with Gasteiger partial charge in [0.2, 0.25) is 0 Å². The summed E-state index contributed by atoms with van der Waals surface area (Å²) in [6.07, 6.45) is 4.62. The van der Waals surface area contributed by atoms with Crippen molar-refractivity contribution < 1.29 is 9.90 Å². The number of phenolic OH excluding ortho intramolecular Hbond substituents is 1. The van der Waals surface area contributed by atoms with Crippen LogP contribution in [-0.4, -0.2) is 17.1 Å². The third kappa shape index (κ3) is 3.54. The van der Waals surface area contributed by atoms with Gasteiger partial charge in [0.05, 0.1) is 5.56 Å². The number of amides is 1. The lowest BCUT2D eigenvalue weighted by Gasteiger charge is -2.35. The van der Waals surface area contributed by atoms with Crippen LogP contribution in [0.5, 0.6) is 5.75 Å². The summed E-state index contributed by atoms with van der Waals surface area (Å²) in [5.41, 5.74) is 0.340. The van der Waals surface area contributed by atoms with E-state index in [2.05, 4.69) is 35.1 Å². The minimum absolute atomic E-state index is 0.0302. The average Bonchev–Trinajstić information content (AvgIpc) is 2.41.